The Morgan fingerprint density at radius 3 is 2.22 bits per heavy atom. The van der Waals surface area contributed by atoms with Crippen LogP contribution in [0.1, 0.15) is 112 Å². The van der Waals surface area contributed by atoms with Crippen molar-refractivity contribution in [3.8, 4) is 27.7 Å². The van der Waals surface area contributed by atoms with E-state index in [1.54, 1.807) is 53.9 Å². The van der Waals surface area contributed by atoms with Crippen LogP contribution in [0.15, 0.2) is 90.8 Å². The van der Waals surface area contributed by atoms with E-state index in [0.717, 1.165) is 60.2 Å². The van der Waals surface area contributed by atoms with Gasteiger partial charge in [-0.1, -0.05) is 63.9 Å². The highest BCUT2D eigenvalue weighted by atomic mass is 32.1. The molecule has 0 radical (unpaired) electrons. The van der Waals surface area contributed by atoms with E-state index in [2.05, 4.69) is 46.4 Å². The van der Waals surface area contributed by atoms with Crippen LogP contribution >= 0.6 is 11.3 Å². The fourth-order valence-corrected chi connectivity index (χ4v) is 10.1. The number of β-amino-alcohol motifs (C(OH)–C–C–N with tert-alkyl or cyclic N) is 1. The number of nitrogens with one attached hydrogen (secondary N) is 4. The number of hydrogen-bond acceptors (Lipinski definition) is 16. The van der Waals surface area contributed by atoms with E-state index in [4.69, 9.17) is 18.9 Å². The molecule has 7 rings (SSSR count). The molecule has 3 aromatic heterocycles. The van der Waals surface area contributed by atoms with Crippen LogP contribution in [0.2, 0.25) is 0 Å². The fourth-order valence-electron chi connectivity index (χ4n) is 9.24. The summed E-state index contributed by atoms with van der Waals surface area (Å²) in [6, 6.07) is 19.5. The lowest BCUT2D eigenvalue weighted by atomic mass is 9.85. The molecule has 440 valence electrons. The highest BCUT2D eigenvalue weighted by Crippen LogP contribution is 2.29. The third kappa shape index (κ3) is 19.2. The van der Waals surface area contributed by atoms with E-state index in [9.17, 15) is 28.7 Å². The van der Waals surface area contributed by atoms with Crippen molar-refractivity contribution in [2.75, 3.05) is 58.1 Å². The van der Waals surface area contributed by atoms with Crippen LogP contribution < -0.4 is 26.0 Å². The maximum absolute atomic E-state index is 14.8. The number of carbonyl (C=O) groups is 4. The number of thiazole rings is 1. The minimum Gasteiger partial charge on any atom is -0.494 e. The Kier molecular flexibility index (Phi) is 24.2. The second-order valence-corrected chi connectivity index (χ2v) is 22.2. The number of halogens is 1. The van der Waals surface area contributed by atoms with Gasteiger partial charge in [0.05, 0.1) is 61.8 Å². The van der Waals surface area contributed by atoms with Crippen molar-refractivity contribution in [3.05, 3.63) is 125 Å². The third-order valence-corrected chi connectivity index (χ3v) is 14.9. The molecule has 3 atom stereocenters. The van der Waals surface area contributed by atoms with Gasteiger partial charge in [-0.05, 0) is 98.0 Å². The number of amides is 4. The van der Waals surface area contributed by atoms with Crippen LogP contribution in [0, 0.1) is 18.2 Å². The Morgan fingerprint density at radius 1 is 0.805 bits per heavy atom. The van der Waals surface area contributed by atoms with E-state index in [1.165, 1.54) is 17.3 Å². The van der Waals surface area contributed by atoms with E-state index in [1.807, 2.05) is 75.2 Å². The van der Waals surface area contributed by atoms with Crippen molar-refractivity contribution in [2.24, 2.45) is 12.5 Å². The number of aryl methyl sites for hydroxylation is 1. The summed E-state index contributed by atoms with van der Waals surface area (Å²) in [5.41, 5.74) is 6.22. The molecular weight excluding hydrogens is 1070 g/mol. The van der Waals surface area contributed by atoms with Crippen LogP contribution in [-0.2, 0) is 55.3 Å². The van der Waals surface area contributed by atoms with Gasteiger partial charge in [-0.3, -0.25) is 19.2 Å². The standard InChI is InChI=1S/C60H78FN11O9S/c1-41-54(82-40-67-41)43-19-17-42(18-20-43)35-64-58(76)51-34-47(73)38-72(51)59(77)55(60(2,3)4)68-53(74)16-9-8-11-26-79-29-31-80-30-28-78-25-10-6-7-12-27-81-48-21-22-49(61)45(33-48)36-65-57(75)44-14-13-15-46(32-44)63-37-52-69-70-56(71(52)5)50-23-24-62-39-66-50/h13-15,17-24,32-33,39-40,47,51,55,63,73H,6-12,16,25-31,34-38H2,1-5H3,(H,64,76)(H,65,75)(H,68,74)/t47-,51+,55?/m1/s1. The molecule has 82 heavy (non-hydrogen) atoms. The molecule has 3 aromatic carbocycles. The van der Waals surface area contributed by atoms with Gasteiger partial charge in [0.2, 0.25) is 17.7 Å². The monoisotopic (exact) mass is 1150 g/mol. The largest absolute Gasteiger partial charge is 0.494 e. The predicted octanol–water partition coefficient (Wildman–Crippen LogP) is 7.74. The lowest BCUT2D eigenvalue weighted by Gasteiger charge is -2.35. The molecule has 1 aliphatic rings. The molecule has 4 heterocycles. The number of carbonyl (C=O) groups excluding carboxylic acids is 4. The van der Waals surface area contributed by atoms with Crippen LogP contribution in [0.3, 0.4) is 0 Å². The average Bonchev–Trinajstić information content (AvgIpc) is 4.41. The summed E-state index contributed by atoms with van der Waals surface area (Å²) in [4.78, 5) is 68.6. The average molecular weight is 1150 g/mol. The molecule has 22 heteroatoms. The molecule has 6 aromatic rings. The normalized spacial score (nSPS) is 14.6. The highest BCUT2D eigenvalue weighted by Gasteiger charge is 2.44. The van der Waals surface area contributed by atoms with E-state index in [-0.39, 0.29) is 56.1 Å². The van der Waals surface area contributed by atoms with Gasteiger partial charge < -0.3 is 54.8 Å². The van der Waals surface area contributed by atoms with Crippen molar-refractivity contribution in [3.63, 3.8) is 0 Å². The van der Waals surface area contributed by atoms with Crippen LogP contribution in [0.25, 0.3) is 22.0 Å². The first kappa shape index (κ1) is 62.4. The molecule has 0 spiro atoms. The zero-order valence-corrected chi connectivity index (χ0v) is 48.5. The topological polar surface area (TPSA) is 246 Å². The maximum atomic E-state index is 14.8. The first-order valence-electron chi connectivity index (χ1n) is 28.1. The van der Waals surface area contributed by atoms with Crippen LogP contribution in [-0.4, -0.2) is 134 Å². The molecule has 1 fully saturated rings. The predicted molar refractivity (Wildman–Crippen MR) is 310 cm³/mol. The quantitative estimate of drug-likeness (QED) is 0.0247. The number of nitrogens with zero attached hydrogens (tertiary/aromatic N) is 7. The van der Waals surface area contributed by atoms with Gasteiger partial charge in [-0.15, -0.1) is 21.5 Å². The lowest BCUT2D eigenvalue weighted by Crippen LogP contribution is -2.57. The Hall–Kier alpha value is -7.24. The maximum Gasteiger partial charge on any atom is 0.251 e. The van der Waals surface area contributed by atoms with E-state index in [0.29, 0.717) is 99.1 Å². The van der Waals surface area contributed by atoms with E-state index >= 15 is 0 Å². The number of likely N-dealkylation sites (tertiary alicyclic amines) is 1. The number of aliphatic hydroxyl groups is 1. The molecule has 4 amide bonds. The molecule has 1 saturated heterocycles. The van der Waals surface area contributed by atoms with Crippen molar-refractivity contribution in [2.45, 2.75) is 123 Å². The zero-order valence-electron chi connectivity index (χ0n) is 47.7. The Labute approximate surface area is 483 Å². The Balaban J connectivity index is 0.668. The van der Waals surface area contributed by atoms with Crippen molar-refractivity contribution in [1.29, 1.82) is 0 Å². The summed E-state index contributed by atoms with van der Waals surface area (Å²) >= 11 is 1.58. The molecule has 0 saturated carbocycles. The first-order chi connectivity index (χ1) is 39.6. The number of hydrogen-bond donors (Lipinski definition) is 5. The van der Waals surface area contributed by atoms with Crippen molar-refractivity contribution < 1.29 is 47.6 Å². The highest BCUT2D eigenvalue weighted by molar-refractivity contribution is 7.13. The zero-order chi connectivity index (χ0) is 58.3. The number of aromatic nitrogens is 6. The summed E-state index contributed by atoms with van der Waals surface area (Å²) in [5, 5.41) is 31.1. The summed E-state index contributed by atoms with van der Waals surface area (Å²) in [7, 11) is 1.85. The van der Waals surface area contributed by atoms with E-state index < -0.39 is 29.4 Å². The molecule has 0 bridgehead atoms. The van der Waals surface area contributed by atoms with Gasteiger partial charge in [0.1, 0.15) is 35.7 Å². The second kappa shape index (κ2) is 31.8. The second-order valence-electron chi connectivity index (χ2n) is 21.3. The molecule has 5 N–H and O–H groups in total. The molecule has 20 nitrogen and oxygen atoms in total. The third-order valence-electron chi connectivity index (χ3n) is 13.9. The summed E-state index contributed by atoms with van der Waals surface area (Å²) in [5.74, 6) is 0.0805. The van der Waals surface area contributed by atoms with Gasteiger partial charge in [-0.25, -0.2) is 19.3 Å². The number of unbranched alkanes of at least 4 members (excludes halogenated alkanes) is 5. The molecular formula is C60H78FN11O9S. The van der Waals surface area contributed by atoms with Gasteiger partial charge >= 0.3 is 0 Å². The minimum absolute atomic E-state index is 0.00437. The van der Waals surface area contributed by atoms with Gasteiger partial charge in [-0.2, -0.15) is 0 Å². The number of benzene rings is 3. The Morgan fingerprint density at radius 2 is 1.52 bits per heavy atom. The molecule has 0 aliphatic carbocycles. The van der Waals surface area contributed by atoms with Gasteiger partial charge in [0.15, 0.2) is 11.6 Å². The van der Waals surface area contributed by atoms with Crippen LogP contribution in [0.5, 0.6) is 5.75 Å². The SMILES string of the molecule is Cc1ncsc1-c1ccc(CNC(=O)[C@@H]2C[C@@H](O)CN2C(=O)C(NC(=O)CCCCCOCCOCCOCCCCCCOc2ccc(F)c(CNC(=O)c3cccc(NCc4nnc(-c5ccncn5)n4C)c3)c2)C(C)(C)C)cc1. The van der Waals surface area contributed by atoms with Gasteiger partial charge in [0.25, 0.3) is 5.91 Å². The summed E-state index contributed by atoms with van der Waals surface area (Å²) in [6.45, 7) is 11.7. The number of anilines is 1. The van der Waals surface area contributed by atoms with Crippen LogP contribution in [0.4, 0.5) is 10.1 Å². The molecule has 1 aliphatic heterocycles. The number of ether oxygens (including phenoxy) is 4. The Bertz CT molecular complexity index is 2970. The van der Waals surface area contributed by atoms with Gasteiger partial charge in [0, 0.05) is 75.7 Å². The number of rotatable bonds is 33. The molecule has 1 unspecified atom stereocenters. The smallest absolute Gasteiger partial charge is 0.251 e. The summed E-state index contributed by atoms with van der Waals surface area (Å²) < 4.78 is 39.6. The first-order valence-corrected chi connectivity index (χ1v) is 29.0. The summed E-state index contributed by atoms with van der Waals surface area (Å²) in [6.07, 6.45) is 8.45. The van der Waals surface area contributed by atoms with Crippen molar-refractivity contribution in [1.82, 2.24) is 50.6 Å². The minimum atomic E-state index is -0.879. The number of aliphatic hydroxyl groups excluding tert-OH is 1. The van der Waals surface area contributed by atoms with Crippen molar-refractivity contribution >= 4 is 40.7 Å². The lowest BCUT2D eigenvalue weighted by molar-refractivity contribution is -0.144. The fraction of sp³-hybridized carbons (Fsp3) is 0.483.